The van der Waals surface area contributed by atoms with Crippen LogP contribution in [0.3, 0.4) is 0 Å². The summed E-state index contributed by atoms with van der Waals surface area (Å²) in [5.41, 5.74) is 0.768. The van der Waals surface area contributed by atoms with Gasteiger partial charge in [0.1, 0.15) is 11.5 Å². The summed E-state index contributed by atoms with van der Waals surface area (Å²) in [6.07, 6.45) is 2.68. The molecule has 0 aliphatic heterocycles. The number of carbonyl (C=O) groups excluding carboxylic acids is 1. The minimum atomic E-state index is -0.696. The highest BCUT2D eigenvalue weighted by Gasteiger charge is 2.29. The van der Waals surface area contributed by atoms with E-state index in [1.165, 1.54) is 0 Å². The third-order valence-corrected chi connectivity index (χ3v) is 3.42. The first-order chi connectivity index (χ1) is 8.22. The number of Topliss-reactive ketones (excluding diaryl/α,β-unsaturated/α-hetero) is 1. The van der Waals surface area contributed by atoms with Crippen molar-refractivity contribution < 1.29 is 14.6 Å². The Morgan fingerprint density at radius 2 is 2.24 bits per heavy atom. The first-order valence-corrected chi connectivity index (χ1v) is 6.07. The van der Waals surface area contributed by atoms with Gasteiger partial charge in [0.25, 0.3) is 0 Å². The van der Waals surface area contributed by atoms with E-state index in [9.17, 15) is 9.90 Å². The van der Waals surface area contributed by atoms with E-state index < -0.39 is 6.10 Å². The average molecular weight is 234 g/mol. The predicted molar refractivity (Wildman–Crippen MR) is 64.9 cm³/mol. The van der Waals surface area contributed by atoms with Gasteiger partial charge in [-0.1, -0.05) is 18.6 Å². The molecule has 2 atom stereocenters. The Bertz CT molecular complexity index is 400. The molecule has 1 aliphatic carbocycles. The number of aliphatic hydroxyl groups is 1. The fraction of sp³-hybridized carbons (Fsp3) is 0.500. The van der Waals surface area contributed by atoms with E-state index in [0.717, 1.165) is 24.8 Å². The van der Waals surface area contributed by atoms with E-state index in [1.54, 1.807) is 13.2 Å². The molecule has 3 nitrogen and oxygen atoms in total. The Balaban J connectivity index is 2.17. The van der Waals surface area contributed by atoms with Crippen molar-refractivity contribution in [2.75, 3.05) is 7.11 Å². The highest BCUT2D eigenvalue weighted by molar-refractivity contribution is 5.82. The summed E-state index contributed by atoms with van der Waals surface area (Å²) in [5.74, 6) is 0.659. The van der Waals surface area contributed by atoms with Crippen LogP contribution in [0.5, 0.6) is 5.75 Å². The first-order valence-electron chi connectivity index (χ1n) is 6.07. The maximum atomic E-state index is 11.8. The Kier molecular flexibility index (Phi) is 3.79. The number of rotatable bonds is 3. The van der Waals surface area contributed by atoms with Crippen LogP contribution in [-0.2, 0) is 4.79 Å². The van der Waals surface area contributed by atoms with Crippen LogP contribution >= 0.6 is 0 Å². The summed E-state index contributed by atoms with van der Waals surface area (Å²) in [6.45, 7) is 0. The molecule has 1 aliphatic rings. The van der Waals surface area contributed by atoms with Crippen molar-refractivity contribution in [3.05, 3.63) is 29.8 Å². The highest BCUT2D eigenvalue weighted by atomic mass is 16.5. The Morgan fingerprint density at radius 3 is 2.94 bits per heavy atom. The summed E-state index contributed by atoms with van der Waals surface area (Å²) >= 11 is 0. The third-order valence-electron chi connectivity index (χ3n) is 3.42. The largest absolute Gasteiger partial charge is 0.497 e. The SMILES string of the molecule is COc1cccc([C@H](O)[C@@H]2CCCCC2=O)c1. The van der Waals surface area contributed by atoms with E-state index in [2.05, 4.69) is 0 Å². The van der Waals surface area contributed by atoms with Crippen LogP contribution < -0.4 is 4.74 Å². The van der Waals surface area contributed by atoms with Gasteiger partial charge in [-0.25, -0.2) is 0 Å². The standard InChI is InChI=1S/C14H18O3/c1-17-11-6-4-5-10(9-11)14(16)12-7-2-3-8-13(12)15/h4-6,9,12,14,16H,2-3,7-8H2,1H3/t12-,14+/m1/s1. The average Bonchev–Trinajstić information content (AvgIpc) is 2.38. The van der Waals surface area contributed by atoms with Crippen LogP contribution in [-0.4, -0.2) is 18.0 Å². The lowest BCUT2D eigenvalue weighted by Gasteiger charge is -2.25. The van der Waals surface area contributed by atoms with E-state index >= 15 is 0 Å². The van der Waals surface area contributed by atoms with E-state index in [0.29, 0.717) is 12.2 Å². The number of hydrogen-bond acceptors (Lipinski definition) is 3. The maximum Gasteiger partial charge on any atom is 0.138 e. The van der Waals surface area contributed by atoms with Crippen LogP contribution in [0.1, 0.15) is 37.4 Å². The lowest BCUT2D eigenvalue weighted by Crippen LogP contribution is -2.25. The van der Waals surface area contributed by atoms with Gasteiger partial charge in [0, 0.05) is 12.3 Å². The van der Waals surface area contributed by atoms with Gasteiger partial charge in [-0.05, 0) is 30.5 Å². The van der Waals surface area contributed by atoms with Crippen molar-refractivity contribution in [2.45, 2.75) is 31.8 Å². The molecule has 1 N–H and O–H groups in total. The predicted octanol–water partition coefficient (Wildman–Crippen LogP) is 2.49. The zero-order valence-corrected chi connectivity index (χ0v) is 10.1. The van der Waals surface area contributed by atoms with Gasteiger partial charge in [-0.2, -0.15) is 0 Å². The number of aliphatic hydroxyl groups excluding tert-OH is 1. The normalized spacial score (nSPS) is 22.2. The monoisotopic (exact) mass is 234 g/mol. The quantitative estimate of drug-likeness (QED) is 0.874. The molecule has 0 unspecified atom stereocenters. The fourth-order valence-corrected chi connectivity index (χ4v) is 2.40. The number of benzene rings is 1. The molecule has 0 saturated heterocycles. The molecule has 1 aromatic carbocycles. The molecule has 0 spiro atoms. The molecule has 1 fully saturated rings. The molecular formula is C14H18O3. The number of methoxy groups -OCH3 is 1. The summed E-state index contributed by atoms with van der Waals surface area (Å²) in [6, 6.07) is 7.31. The highest BCUT2D eigenvalue weighted by Crippen LogP contribution is 2.33. The Morgan fingerprint density at radius 1 is 1.41 bits per heavy atom. The third kappa shape index (κ3) is 2.67. The number of carbonyl (C=O) groups is 1. The lowest BCUT2D eigenvalue weighted by atomic mass is 9.82. The second-order valence-corrected chi connectivity index (χ2v) is 4.54. The smallest absolute Gasteiger partial charge is 0.138 e. The summed E-state index contributed by atoms with van der Waals surface area (Å²) in [7, 11) is 1.59. The number of hydrogen-bond donors (Lipinski definition) is 1. The van der Waals surface area contributed by atoms with Crippen LogP contribution in [0, 0.1) is 5.92 Å². The minimum absolute atomic E-state index is 0.187. The molecule has 1 saturated carbocycles. The second-order valence-electron chi connectivity index (χ2n) is 4.54. The summed E-state index contributed by atoms with van der Waals surface area (Å²) < 4.78 is 5.12. The van der Waals surface area contributed by atoms with Crippen molar-refractivity contribution >= 4 is 5.78 Å². The van der Waals surface area contributed by atoms with Crippen molar-refractivity contribution in [1.82, 2.24) is 0 Å². The number of ketones is 1. The van der Waals surface area contributed by atoms with E-state index in [4.69, 9.17) is 4.74 Å². The molecule has 0 amide bonds. The zero-order chi connectivity index (χ0) is 12.3. The molecule has 0 radical (unpaired) electrons. The van der Waals surface area contributed by atoms with Crippen molar-refractivity contribution in [2.24, 2.45) is 5.92 Å². The molecule has 1 aromatic rings. The van der Waals surface area contributed by atoms with Crippen LogP contribution in [0.15, 0.2) is 24.3 Å². The molecule has 0 bridgehead atoms. The van der Waals surface area contributed by atoms with E-state index in [1.807, 2.05) is 18.2 Å². The van der Waals surface area contributed by atoms with Gasteiger partial charge < -0.3 is 9.84 Å². The molecule has 3 heteroatoms. The van der Waals surface area contributed by atoms with Gasteiger partial charge in [0.15, 0.2) is 0 Å². The maximum absolute atomic E-state index is 11.8. The molecule has 17 heavy (non-hydrogen) atoms. The molecule has 92 valence electrons. The lowest BCUT2D eigenvalue weighted by molar-refractivity contribution is -0.128. The van der Waals surface area contributed by atoms with Gasteiger partial charge >= 0.3 is 0 Å². The molecular weight excluding hydrogens is 216 g/mol. The van der Waals surface area contributed by atoms with Crippen LogP contribution in [0.2, 0.25) is 0 Å². The summed E-state index contributed by atoms with van der Waals surface area (Å²) in [5, 5.41) is 10.3. The minimum Gasteiger partial charge on any atom is -0.497 e. The molecule has 0 heterocycles. The van der Waals surface area contributed by atoms with Crippen LogP contribution in [0.4, 0.5) is 0 Å². The van der Waals surface area contributed by atoms with Crippen molar-refractivity contribution in [3.63, 3.8) is 0 Å². The van der Waals surface area contributed by atoms with Gasteiger partial charge in [0.05, 0.1) is 13.2 Å². The van der Waals surface area contributed by atoms with Crippen molar-refractivity contribution in [1.29, 1.82) is 0 Å². The number of ether oxygens (including phenoxy) is 1. The first kappa shape index (κ1) is 12.1. The van der Waals surface area contributed by atoms with Gasteiger partial charge in [-0.15, -0.1) is 0 Å². The molecule has 2 rings (SSSR count). The summed E-state index contributed by atoms with van der Waals surface area (Å²) in [4.78, 5) is 11.8. The fourth-order valence-electron chi connectivity index (χ4n) is 2.40. The van der Waals surface area contributed by atoms with E-state index in [-0.39, 0.29) is 11.7 Å². The van der Waals surface area contributed by atoms with Crippen molar-refractivity contribution in [3.8, 4) is 5.75 Å². The Hall–Kier alpha value is -1.35. The topological polar surface area (TPSA) is 46.5 Å². The van der Waals surface area contributed by atoms with Gasteiger partial charge in [-0.3, -0.25) is 4.79 Å². The second kappa shape index (κ2) is 5.32. The Labute approximate surface area is 101 Å². The molecule has 0 aromatic heterocycles. The van der Waals surface area contributed by atoms with Crippen LogP contribution in [0.25, 0.3) is 0 Å². The van der Waals surface area contributed by atoms with Gasteiger partial charge in [0.2, 0.25) is 0 Å². The zero-order valence-electron chi connectivity index (χ0n) is 10.1.